The van der Waals surface area contributed by atoms with Gasteiger partial charge in [0.1, 0.15) is 6.04 Å². The third-order valence-corrected chi connectivity index (χ3v) is 5.41. The van der Waals surface area contributed by atoms with Crippen LogP contribution in [0.25, 0.3) is 0 Å². The molecule has 26 heavy (non-hydrogen) atoms. The van der Waals surface area contributed by atoms with Gasteiger partial charge in [-0.1, -0.05) is 117 Å². The fourth-order valence-electron chi connectivity index (χ4n) is 3.44. The molecule has 0 aliphatic carbocycles. The average molecular weight is 380 g/mol. The summed E-state index contributed by atoms with van der Waals surface area (Å²) < 4.78 is 0. The predicted molar refractivity (Wildman–Crippen MR) is 116 cm³/mol. The quantitative estimate of drug-likeness (QED) is 0.212. The Morgan fingerprint density at radius 1 is 0.731 bits per heavy atom. The Balaban J connectivity index is 0. The zero-order valence-electron chi connectivity index (χ0n) is 17.1. The number of rotatable bonds is 19. The molecule has 3 N–H and O–H groups in total. The van der Waals surface area contributed by atoms with Crippen molar-refractivity contribution >= 4 is 35.5 Å². The third-order valence-electron chi connectivity index (χ3n) is 5.41. The second-order valence-electron chi connectivity index (χ2n) is 7.93. The molecule has 0 aliphatic rings. The van der Waals surface area contributed by atoms with Gasteiger partial charge in [0.2, 0.25) is 0 Å². The van der Waals surface area contributed by atoms with E-state index in [1.165, 1.54) is 96.3 Å². The molecular formula is C22H46NNaO2. The molecule has 0 aromatic rings. The monoisotopic (exact) mass is 379 g/mol. The van der Waals surface area contributed by atoms with Gasteiger partial charge < -0.3 is 10.8 Å². The van der Waals surface area contributed by atoms with Crippen LogP contribution in [0, 0.1) is 5.92 Å². The van der Waals surface area contributed by atoms with Gasteiger partial charge >= 0.3 is 35.5 Å². The van der Waals surface area contributed by atoms with Gasteiger partial charge in [0.25, 0.3) is 0 Å². The van der Waals surface area contributed by atoms with Gasteiger partial charge in [0.15, 0.2) is 0 Å². The van der Waals surface area contributed by atoms with E-state index >= 15 is 0 Å². The second-order valence-corrected chi connectivity index (χ2v) is 7.93. The first-order valence-corrected chi connectivity index (χ1v) is 11.1. The number of nitrogens with two attached hydrogens (primary N) is 1. The molecule has 0 radical (unpaired) electrons. The van der Waals surface area contributed by atoms with Crippen molar-refractivity contribution in [1.29, 1.82) is 0 Å². The fraction of sp³-hybridized carbons (Fsp3) is 0.955. The van der Waals surface area contributed by atoms with Crippen molar-refractivity contribution in [2.45, 2.75) is 129 Å². The van der Waals surface area contributed by atoms with E-state index in [2.05, 4.69) is 6.92 Å². The minimum absolute atomic E-state index is 0. The number of hydrogen-bond acceptors (Lipinski definition) is 2. The van der Waals surface area contributed by atoms with Gasteiger partial charge in [-0.15, -0.1) is 0 Å². The topological polar surface area (TPSA) is 63.3 Å². The van der Waals surface area contributed by atoms with E-state index in [1.807, 2.05) is 6.92 Å². The molecule has 3 nitrogen and oxygen atoms in total. The van der Waals surface area contributed by atoms with Crippen molar-refractivity contribution in [2.75, 3.05) is 0 Å². The van der Waals surface area contributed by atoms with E-state index in [0.717, 1.165) is 12.8 Å². The number of aliphatic carboxylic acids is 1. The summed E-state index contributed by atoms with van der Waals surface area (Å²) in [5.74, 6) is -0.784. The molecule has 0 fully saturated rings. The number of hydrogen-bond donors (Lipinski definition) is 2. The Hall–Kier alpha value is 0.430. The molecule has 0 spiro atoms. The molecule has 0 aromatic heterocycles. The van der Waals surface area contributed by atoms with Crippen LogP contribution >= 0.6 is 0 Å². The maximum atomic E-state index is 10.8. The van der Waals surface area contributed by atoms with E-state index in [-0.39, 0.29) is 35.5 Å². The van der Waals surface area contributed by atoms with Crippen molar-refractivity contribution in [2.24, 2.45) is 11.7 Å². The normalized spacial score (nSPS) is 13.2. The average Bonchev–Trinajstić information content (AvgIpc) is 2.60. The fourth-order valence-corrected chi connectivity index (χ4v) is 3.44. The van der Waals surface area contributed by atoms with E-state index in [9.17, 15) is 4.79 Å². The number of unbranched alkanes of at least 4 members (excludes halogenated alkanes) is 15. The summed E-state index contributed by atoms with van der Waals surface area (Å²) >= 11 is 0. The molecule has 0 aromatic carbocycles. The standard InChI is InChI=1S/C22H45NO2.Na.H/c1-3-4-5-6-7-8-9-10-11-12-13-14-15-16-17-18-19-20(2)21(23)22(24)25;;/h20-21H,3-19,23H2,1-2H3,(H,24,25);;/t20-,21-;;/m0../s1. The van der Waals surface area contributed by atoms with Gasteiger partial charge in [0, 0.05) is 0 Å². The van der Waals surface area contributed by atoms with Crippen molar-refractivity contribution < 1.29 is 9.90 Å². The van der Waals surface area contributed by atoms with E-state index in [4.69, 9.17) is 10.8 Å². The summed E-state index contributed by atoms with van der Waals surface area (Å²) in [6.45, 7) is 4.22. The Morgan fingerprint density at radius 2 is 1.04 bits per heavy atom. The van der Waals surface area contributed by atoms with Crippen LogP contribution < -0.4 is 5.73 Å². The van der Waals surface area contributed by atoms with E-state index in [1.54, 1.807) is 0 Å². The molecule has 0 unspecified atom stereocenters. The summed E-state index contributed by atoms with van der Waals surface area (Å²) in [6, 6.07) is -0.698. The van der Waals surface area contributed by atoms with Gasteiger partial charge in [-0.2, -0.15) is 0 Å². The van der Waals surface area contributed by atoms with Gasteiger partial charge in [-0.25, -0.2) is 0 Å². The zero-order chi connectivity index (χ0) is 18.8. The van der Waals surface area contributed by atoms with Crippen LogP contribution in [0.15, 0.2) is 0 Å². The van der Waals surface area contributed by atoms with Crippen LogP contribution in [0.3, 0.4) is 0 Å². The van der Waals surface area contributed by atoms with Crippen molar-refractivity contribution in [1.82, 2.24) is 0 Å². The molecule has 0 rings (SSSR count). The number of carboxylic acids is 1. The van der Waals surface area contributed by atoms with E-state index in [0.29, 0.717) is 0 Å². The van der Waals surface area contributed by atoms with Crippen LogP contribution in [-0.2, 0) is 4.79 Å². The summed E-state index contributed by atoms with van der Waals surface area (Å²) in [7, 11) is 0. The van der Waals surface area contributed by atoms with Crippen LogP contribution in [0.1, 0.15) is 123 Å². The molecule has 0 amide bonds. The molecule has 152 valence electrons. The summed E-state index contributed by atoms with van der Waals surface area (Å²) in [6.07, 6.45) is 22.8. The van der Waals surface area contributed by atoms with E-state index < -0.39 is 12.0 Å². The molecule has 2 atom stereocenters. The molecule has 0 saturated carbocycles. The first-order chi connectivity index (χ1) is 12.1. The zero-order valence-corrected chi connectivity index (χ0v) is 17.1. The SMILES string of the molecule is CCCCCCCCCCCCCCCCCC[C@H](C)[C@H](N)C(=O)O.[NaH]. The number of carboxylic acid groups (broad SMARTS) is 1. The van der Waals surface area contributed by atoms with Gasteiger partial charge in [-0.05, 0) is 12.3 Å². The third kappa shape index (κ3) is 19.2. The Labute approximate surface area is 185 Å². The molecule has 0 saturated heterocycles. The van der Waals surface area contributed by atoms with Crippen LogP contribution in [0.5, 0.6) is 0 Å². The molecule has 0 aliphatic heterocycles. The first-order valence-electron chi connectivity index (χ1n) is 11.1. The minimum atomic E-state index is -0.871. The molecule has 4 heteroatoms. The maximum absolute atomic E-state index is 10.8. The van der Waals surface area contributed by atoms with Crippen molar-refractivity contribution in [3.63, 3.8) is 0 Å². The van der Waals surface area contributed by atoms with Gasteiger partial charge in [0.05, 0.1) is 0 Å². The Kier molecular flexibility index (Phi) is 23.9. The summed E-state index contributed by atoms with van der Waals surface area (Å²) in [4.78, 5) is 10.8. The Morgan fingerprint density at radius 3 is 1.35 bits per heavy atom. The molecule has 0 bridgehead atoms. The Bertz CT molecular complexity index is 300. The molecular weight excluding hydrogens is 333 g/mol. The molecule has 0 heterocycles. The van der Waals surface area contributed by atoms with Crippen molar-refractivity contribution in [3.05, 3.63) is 0 Å². The van der Waals surface area contributed by atoms with Crippen LogP contribution in [-0.4, -0.2) is 46.7 Å². The van der Waals surface area contributed by atoms with Gasteiger partial charge in [-0.3, -0.25) is 4.79 Å². The summed E-state index contributed by atoms with van der Waals surface area (Å²) in [5.41, 5.74) is 5.63. The predicted octanol–water partition coefficient (Wildman–Crippen LogP) is 6.04. The second kappa shape index (κ2) is 21.7. The van der Waals surface area contributed by atoms with Crippen LogP contribution in [0.4, 0.5) is 0 Å². The summed E-state index contributed by atoms with van der Waals surface area (Å²) in [5, 5.41) is 8.86. The number of carbonyl (C=O) groups is 1. The first kappa shape index (κ1) is 28.6. The van der Waals surface area contributed by atoms with Crippen molar-refractivity contribution in [3.8, 4) is 0 Å². The van der Waals surface area contributed by atoms with Crippen LogP contribution in [0.2, 0.25) is 0 Å².